The van der Waals surface area contributed by atoms with Crippen LogP contribution in [0.3, 0.4) is 0 Å². The molecule has 0 radical (unpaired) electrons. The van der Waals surface area contributed by atoms with Crippen LogP contribution in [0, 0.1) is 10.1 Å². The smallest absolute Gasteiger partial charge is 0.292 e. The molecule has 2 aromatic carbocycles. The van der Waals surface area contributed by atoms with Crippen LogP contribution in [-0.2, 0) is 11.3 Å². The third-order valence-corrected chi connectivity index (χ3v) is 4.38. The van der Waals surface area contributed by atoms with Crippen molar-refractivity contribution >= 4 is 17.3 Å². The first-order chi connectivity index (χ1) is 14.5. The van der Waals surface area contributed by atoms with Crippen molar-refractivity contribution in [3.05, 3.63) is 81.1 Å². The van der Waals surface area contributed by atoms with E-state index in [1.807, 2.05) is 24.3 Å². The third kappa shape index (κ3) is 5.07. The molecule has 1 heterocycles. The van der Waals surface area contributed by atoms with Crippen LogP contribution in [-0.4, -0.2) is 27.7 Å². The zero-order chi connectivity index (χ0) is 21.5. The number of nitrogens with zero attached hydrogens (tertiary/aromatic N) is 3. The number of hydrogen-bond acceptors (Lipinski definition) is 6. The minimum absolute atomic E-state index is 0.0869. The lowest BCUT2D eigenvalue weighted by Gasteiger charge is -2.09. The first kappa shape index (κ1) is 20.7. The Bertz CT molecular complexity index is 1130. The number of aromatic nitrogens is 2. The van der Waals surface area contributed by atoms with E-state index in [1.54, 1.807) is 19.2 Å². The molecule has 0 aliphatic heterocycles. The van der Waals surface area contributed by atoms with Gasteiger partial charge in [0.25, 0.3) is 11.2 Å². The van der Waals surface area contributed by atoms with Crippen molar-refractivity contribution in [2.45, 2.75) is 19.4 Å². The van der Waals surface area contributed by atoms with E-state index in [0.717, 1.165) is 5.56 Å². The summed E-state index contributed by atoms with van der Waals surface area (Å²) < 4.78 is 6.51. The van der Waals surface area contributed by atoms with Crippen LogP contribution < -0.4 is 15.6 Å². The van der Waals surface area contributed by atoms with Gasteiger partial charge in [-0.15, -0.1) is 0 Å². The van der Waals surface area contributed by atoms with Crippen molar-refractivity contribution in [1.82, 2.24) is 9.78 Å². The normalized spacial score (nSPS) is 10.4. The summed E-state index contributed by atoms with van der Waals surface area (Å²) in [5, 5.41) is 17.9. The molecular weight excluding hydrogens is 388 g/mol. The lowest BCUT2D eigenvalue weighted by atomic mass is 10.1. The van der Waals surface area contributed by atoms with Crippen molar-refractivity contribution in [1.29, 1.82) is 0 Å². The van der Waals surface area contributed by atoms with Gasteiger partial charge in [0, 0.05) is 30.7 Å². The molecule has 3 aromatic rings. The van der Waals surface area contributed by atoms with Crippen LogP contribution >= 0.6 is 0 Å². The maximum atomic E-state index is 12.2. The molecule has 1 amide bonds. The summed E-state index contributed by atoms with van der Waals surface area (Å²) in [5.41, 5.74) is 1.10. The van der Waals surface area contributed by atoms with Crippen LogP contribution in [0.2, 0.25) is 0 Å². The number of rotatable bonds is 8. The Balaban J connectivity index is 1.64. The van der Waals surface area contributed by atoms with Crippen LogP contribution in [0.1, 0.15) is 12.8 Å². The number of aryl methyl sites for hydroxylation is 1. The van der Waals surface area contributed by atoms with Crippen LogP contribution in [0.25, 0.3) is 11.3 Å². The summed E-state index contributed by atoms with van der Waals surface area (Å²) in [6, 6.07) is 16.3. The Hall–Kier alpha value is -4.01. The third-order valence-electron chi connectivity index (χ3n) is 4.38. The highest BCUT2D eigenvalue weighted by Crippen LogP contribution is 2.23. The van der Waals surface area contributed by atoms with Gasteiger partial charge in [0.2, 0.25) is 5.91 Å². The fraction of sp³-hybridized carbons (Fsp3) is 0.190. The Labute approximate surface area is 172 Å². The minimum atomic E-state index is -0.552. The number of benzene rings is 2. The number of anilines is 1. The van der Waals surface area contributed by atoms with Gasteiger partial charge in [-0.05, 0) is 30.7 Å². The summed E-state index contributed by atoms with van der Waals surface area (Å²) in [6.07, 6.45) is 0.435. The standard InChI is InChI=1S/C21H20N4O5/c1-30-16-7-4-6-15(14-16)17-11-12-21(27)24(23-17)13-5-10-20(26)22-18-8-2-3-9-19(18)25(28)29/h2-4,6-9,11-12,14H,5,10,13H2,1H3,(H,22,26). The van der Waals surface area contributed by atoms with Crippen molar-refractivity contribution in [3.8, 4) is 17.0 Å². The number of nitro benzene ring substituents is 1. The lowest BCUT2D eigenvalue weighted by Crippen LogP contribution is -2.23. The fourth-order valence-corrected chi connectivity index (χ4v) is 2.89. The van der Waals surface area contributed by atoms with Gasteiger partial charge >= 0.3 is 0 Å². The molecule has 1 N–H and O–H groups in total. The lowest BCUT2D eigenvalue weighted by molar-refractivity contribution is -0.383. The molecule has 0 bridgehead atoms. The maximum Gasteiger partial charge on any atom is 0.292 e. The number of carbonyl (C=O) groups excluding carboxylic acids is 1. The van der Waals surface area contributed by atoms with Crippen molar-refractivity contribution in [3.63, 3.8) is 0 Å². The van der Waals surface area contributed by atoms with Crippen molar-refractivity contribution in [2.75, 3.05) is 12.4 Å². The van der Waals surface area contributed by atoms with Gasteiger partial charge in [-0.3, -0.25) is 19.7 Å². The molecule has 9 heteroatoms. The van der Waals surface area contributed by atoms with E-state index in [-0.39, 0.29) is 35.8 Å². The average Bonchev–Trinajstić information content (AvgIpc) is 2.75. The summed E-state index contributed by atoms with van der Waals surface area (Å²) >= 11 is 0. The van der Waals surface area contributed by atoms with E-state index in [1.165, 1.54) is 28.9 Å². The van der Waals surface area contributed by atoms with Crippen molar-refractivity contribution < 1.29 is 14.5 Å². The second-order valence-corrected chi connectivity index (χ2v) is 6.44. The van der Waals surface area contributed by atoms with E-state index in [9.17, 15) is 19.7 Å². The van der Waals surface area contributed by atoms with Gasteiger partial charge in [0.15, 0.2) is 0 Å². The van der Waals surface area contributed by atoms with Crippen LogP contribution in [0.15, 0.2) is 65.5 Å². The SMILES string of the molecule is COc1cccc(-c2ccc(=O)n(CCCC(=O)Nc3ccccc3[N+](=O)[O-])n2)c1. The Morgan fingerprint density at radius 1 is 1.17 bits per heavy atom. The first-order valence-corrected chi connectivity index (χ1v) is 9.24. The predicted molar refractivity (Wildman–Crippen MR) is 111 cm³/mol. The molecule has 0 atom stereocenters. The number of hydrogen-bond donors (Lipinski definition) is 1. The number of nitrogens with one attached hydrogen (secondary N) is 1. The fourth-order valence-electron chi connectivity index (χ4n) is 2.89. The Morgan fingerprint density at radius 3 is 2.73 bits per heavy atom. The zero-order valence-electron chi connectivity index (χ0n) is 16.3. The average molecular weight is 408 g/mol. The largest absolute Gasteiger partial charge is 0.497 e. The van der Waals surface area contributed by atoms with Gasteiger partial charge in [-0.1, -0.05) is 24.3 Å². The molecule has 0 spiro atoms. The molecule has 9 nitrogen and oxygen atoms in total. The highest BCUT2D eigenvalue weighted by Gasteiger charge is 2.14. The van der Waals surface area contributed by atoms with Gasteiger partial charge in [0.1, 0.15) is 11.4 Å². The molecule has 0 aliphatic rings. The topological polar surface area (TPSA) is 116 Å². The highest BCUT2D eigenvalue weighted by molar-refractivity contribution is 5.92. The molecular formula is C21H20N4O5. The molecule has 0 saturated heterocycles. The molecule has 0 aliphatic carbocycles. The van der Waals surface area contributed by atoms with E-state index in [2.05, 4.69) is 10.4 Å². The zero-order valence-corrected chi connectivity index (χ0v) is 16.3. The van der Waals surface area contributed by atoms with Gasteiger partial charge < -0.3 is 10.1 Å². The minimum Gasteiger partial charge on any atom is -0.497 e. The molecule has 154 valence electrons. The Kier molecular flexibility index (Phi) is 6.53. The Morgan fingerprint density at radius 2 is 1.97 bits per heavy atom. The molecule has 0 fully saturated rings. The van der Waals surface area contributed by atoms with E-state index in [0.29, 0.717) is 17.9 Å². The second-order valence-electron chi connectivity index (χ2n) is 6.44. The molecule has 0 saturated carbocycles. The molecule has 0 unspecified atom stereocenters. The number of nitro groups is 1. The highest BCUT2D eigenvalue weighted by atomic mass is 16.6. The molecule has 30 heavy (non-hydrogen) atoms. The van der Waals surface area contributed by atoms with Gasteiger partial charge in [0.05, 0.1) is 17.7 Å². The van der Waals surface area contributed by atoms with Crippen LogP contribution in [0.4, 0.5) is 11.4 Å². The number of para-hydroxylation sites is 2. The first-order valence-electron chi connectivity index (χ1n) is 9.24. The summed E-state index contributed by atoms with van der Waals surface area (Å²) in [6.45, 7) is 0.237. The second kappa shape index (κ2) is 9.46. The van der Waals surface area contributed by atoms with E-state index >= 15 is 0 Å². The summed E-state index contributed by atoms with van der Waals surface area (Å²) in [4.78, 5) is 34.8. The van der Waals surface area contributed by atoms with Gasteiger partial charge in [-0.25, -0.2) is 4.68 Å². The van der Waals surface area contributed by atoms with E-state index in [4.69, 9.17) is 4.74 Å². The number of amides is 1. The van der Waals surface area contributed by atoms with Crippen molar-refractivity contribution in [2.24, 2.45) is 0 Å². The molecule has 1 aromatic heterocycles. The quantitative estimate of drug-likeness (QED) is 0.452. The van der Waals surface area contributed by atoms with Gasteiger partial charge in [-0.2, -0.15) is 5.10 Å². The summed E-state index contributed by atoms with van der Waals surface area (Å²) in [5.74, 6) is 0.306. The number of ether oxygens (including phenoxy) is 1. The number of methoxy groups -OCH3 is 1. The monoisotopic (exact) mass is 408 g/mol. The number of carbonyl (C=O) groups is 1. The maximum absolute atomic E-state index is 12.2. The van der Waals surface area contributed by atoms with Crippen LogP contribution in [0.5, 0.6) is 5.75 Å². The molecule has 3 rings (SSSR count). The van der Waals surface area contributed by atoms with E-state index < -0.39 is 4.92 Å². The predicted octanol–water partition coefficient (Wildman–Crippen LogP) is 3.25. The summed E-state index contributed by atoms with van der Waals surface area (Å²) in [7, 11) is 1.57.